The Kier molecular flexibility index (Phi) is 19.1. The first-order valence-corrected chi connectivity index (χ1v) is 19.5. The van der Waals surface area contributed by atoms with Gasteiger partial charge in [0.05, 0.1) is 25.0 Å². The molecule has 2 saturated carbocycles. The predicted octanol–water partition coefficient (Wildman–Crippen LogP) is 10.6. The molecule has 2 aliphatic rings. The van der Waals surface area contributed by atoms with Gasteiger partial charge in [-0.2, -0.15) is 0 Å². The zero-order chi connectivity index (χ0) is 36.8. The Morgan fingerprint density at radius 3 is 1.96 bits per heavy atom. The second-order valence-electron chi connectivity index (χ2n) is 13.7. The molecule has 280 valence electrons. The molecule has 0 heterocycles. The standard InChI is InChI=1S/C41H55NO7.C2H6/c1-3-5-8-11-30-12-14-31(15-13-30)34-20-25-38(35(28-34)29-42)49-41(45)33-18-16-32(17-19-33)40(44)48-37-23-21-36(22-24-37)46-26-9-6-7-10-27-47-39(43)4-2;1-2/h4,20-25,28-33,42H,2-3,5-19,26-27H2,1H3;1-2H3. The molecule has 0 atom stereocenters. The number of hydrogen-bond donors (Lipinski definition) is 1. The van der Waals surface area contributed by atoms with Gasteiger partial charge in [0.1, 0.15) is 17.2 Å². The highest BCUT2D eigenvalue weighted by atomic mass is 16.5. The summed E-state index contributed by atoms with van der Waals surface area (Å²) < 4.78 is 22.2. The minimum atomic E-state index is -0.391. The van der Waals surface area contributed by atoms with E-state index < -0.39 is 5.97 Å². The summed E-state index contributed by atoms with van der Waals surface area (Å²) in [7, 11) is 0. The van der Waals surface area contributed by atoms with Gasteiger partial charge in [0.2, 0.25) is 0 Å². The third kappa shape index (κ3) is 14.3. The molecular formula is C43H61NO7. The van der Waals surface area contributed by atoms with E-state index in [1.54, 1.807) is 24.3 Å². The second-order valence-corrected chi connectivity index (χ2v) is 13.7. The molecule has 0 radical (unpaired) electrons. The fourth-order valence-corrected chi connectivity index (χ4v) is 7.03. The molecule has 0 aliphatic heterocycles. The van der Waals surface area contributed by atoms with Crippen LogP contribution < -0.4 is 14.2 Å². The van der Waals surface area contributed by atoms with Crippen LogP contribution in [0.3, 0.4) is 0 Å². The molecule has 0 aromatic heterocycles. The van der Waals surface area contributed by atoms with Crippen molar-refractivity contribution in [3.63, 3.8) is 0 Å². The summed E-state index contributed by atoms with van der Waals surface area (Å²) in [6, 6.07) is 13.0. The van der Waals surface area contributed by atoms with E-state index in [9.17, 15) is 14.4 Å². The van der Waals surface area contributed by atoms with Crippen LogP contribution in [0, 0.1) is 23.2 Å². The van der Waals surface area contributed by atoms with Gasteiger partial charge in [-0.25, -0.2) is 4.79 Å². The van der Waals surface area contributed by atoms with Gasteiger partial charge in [0.25, 0.3) is 0 Å². The van der Waals surface area contributed by atoms with E-state index in [2.05, 4.69) is 19.6 Å². The molecule has 0 bridgehead atoms. The van der Waals surface area contributed by atoms with Crippen LogP contribution in [0.1, 0.15) is 141 Å². The Hall–Kier alpha value is -3.94. The molecular weight excluding hydrogens is 642 g/mol. The molecule has 0 unspecified atom stereocenters. The number of carbonyl (C=O) groups excluding carboxylic acids is 3. The first-order chi connectivity index (χ1) is 24.9. The maximum absolute atomic E-state index is 13.1. The summed E-state index contributed by atoms with van der Waals surface area (Å²) in [5.74, 6) is 1.45. The van der Waals surface area contributed by atoms with Crippen LogP contribution in [0.25, 0.3) is 0 Å². The lowest BCUT2D eigenvalue weighted by atomic mass is 9.77. The Morgan fingerprint density at radius 2 is 1.35 bits per heavy atom. The molecule has 0 amide bonds. The number of unbranched alkanes of at least 4 members (excludes halogenated alkanes) is 5. The van der Waals surface area contributed by atoms with Crippen LogP contribution in [-0.2, 0) is 19.1 Å². The minimum absolute atomic E-state index is 0.265. The summed E-state index contributed by atoms with van der Waals surface area (Å²) in [6.45, 7) is 10.6. The molecule has 1 N–H and O–H groups in total. The fraction of sp³-hybridized carbons (Fsp3) is 0.581. The van der Waals surface area contributed by atoms with Crippen molar-refractivity contribution in [1.82, 2.24) is 0 Å². The molecule has 2 aromatic rings. The summed E-state index contributed by atoms with van der Waals surface area (Å²) in [5, 5.41) is 7.98. The molecule has 8 heteroatoms. The molecule has 51 heavy (non-hydrogen) atoms. The molecule has 4 rings (SSSR count). The van der Waals surface area contributed by atoms with Crippen molar-refractivity contribution in [1.29, 1.82) is 5.41 Å². The van der Waals surface area contributed by atoms with Crippen molar-refractivity contribution >= 4 is 24.1 Å². The molecule has 2 aromatic carbocycles. The Bertz CT molecular complexity index is 1350. The highest BCUT2D eigenvalue weighted by molar-refractivity contribution is 5.85. The van der Waals surface area contributed by atoms with Crippen molar-refractivity contribution in [2.45, 2.75) is 129 Å². The van der Waals surface area contributed by atoms with Crippen molar-refractivity contribution in [3.8, 4) is 17.2 Å². The van der Waals surface area contributed by atoms with E-state index in [1.807, 2.05) is 26.0 Å². The van der Waals surface area contributed by atoms with Crippen LogP contribution in [0.5, 0.6) is 17.2 Å². The van der Waals surface area contributed by atoms with Crippen LogP contribution in [0.15, 0.2) is 55.1 Å². The van der Waals surface area contributed by atoms with Crippen molar-refractivity contribution < 1.29 is 33.3 Å². The number of carbonyl (C=O) groups is 3. The zero-order valence-corrected chi connectivity index (χ0v) is 31.3. The molecule has 0 saturated heterocycles. The molecule has 8 nitrogen and oxygen atoms in total. The maximum Gasteiger partial charge on any atom is 0.330 e. The highest BCUT2D eigenvalue weighted by Crippen LogP contribution is 2.39. The summed E-state index contributed by atoms with van der Waals surface area (Å²) in [4.78, 5) is 37.0. The topological polar surface area (TPSA) is 112 Å². The average molecular weight is 704 g/mol. The average Bonchev–Trinajstić information content (AvgIpc) is 3.17. The summed E-state index contributed by atoms with van der Waals surface area (Å²) >= 11 is 0. The monoisotopic (exact) mass is 703 g/mol. The van der Waals surface area contributed by atoms with Gasteiger partial charge < -0.3 is 24.4 Å². The van der Waals surface area contributed by atoms with Gasteiger partial charge in [-0.15, -0.1) is 0 Å². The van der Waals surface area contributed by atoms with Gasteiger partial charge in [-0.3, -0.25) is 9.59 Å². The van der Waals surface area contributed by atoms with Crippen molar-refractivity contribution in [2.75, 3.05) is 13.2 Å². The van der Waals surface area contributed by atoms with Crippen LogP contribution in [0.4, 0.5) is 0 Å². The van der Waals surface area contributed by atoms with Gasteiger partial charge in [-0.1, -0.05) is 59.1 Å². The van der Waals surface area contributed by atoms with Gasteiger partial charge in [0.15, 0.2) is 0 Å². The van der Waals surface area contributed by atoms with E-state index in [4.69, 9.17) is 24.4 Å². The summed E-state index contributed by atoms with van der Waals surface area (Å²) in [6.07, 6.45) is 18.5. The second kappa shape index (κ2) is 23.5. The van der Waals surface area contributed by atoms with Crippen LogP contribution in [0.2, 0.25) is 0 Å². The Morgan fingerprint density at radius 1 is 0.745 bits per heavy atom. The van der Waals surface area contributed by atoms with Gasteiger partial charge in [-0.05, 0) is 131 Å². The molecule has 2 aliphatic carbocycles. The number of hydrogen-bond acceptors (Lipinski definition) is 8. The van der Waals surface area contributed by atoms with Crippen molar-refractivity contribution in [3.05, 3.63) is 66.2 Å². The molecule has 2 fully saturated rings. The normalized spacial score (nSPS) is 19.8. The fourth-order valence-electron chi connectivity index (χ4n) is 7.03. The SMILES string of the molecule is C=CC(=O)OCCCCCCOc1ccc(OC(=O)C2CCC(C(=O)Oc3ccc(C4CCC(CCCCC)CC4)cc3C=N)CC2)cc1.CC. The largest absolute Gasteiger partial charge is 0.494 e. The lowest BCUT2D eigenvalue weighted by Crippen LogP contribution is -2.30. The quantitative estimate of drug-likeness (QED) is 0.0509. The van der Waals surface area contributed by atoms with Crippen molar-refractivity contribution in [2.24, 2.45) is 17.8 Å². The number of esters is 3. The Balaban J connectivity index is 0.00000345. The zero-order valence-electron chi connectivity index (χ0n) is 31.3. The predicted molar refractivity (Wildman–Crippen MR) is 203 cm³/mol. The lowest BCUT2D eigenvalue weighted by molar-refractivity contribution is -0.145. The third-order valence-electron chi connectivity index (χ3n) is 10.1. The third-order valence-corrected chi connectivity index (χ3v) is 10.1. The first-order valence-electron chi connectivity index (χ1n) is 19.5. The number of rotatable bonds is 19. The summed E-state index contributed by atoms with van der Waals surface area (Å²) in [5.41, 5.74) is 1.88. The lowest BCUT2D eigenvalue weighted by Gasteiger charge is -2.29. The highest BCUT2D eigenvalue weighted by Gasteiger charge is 2.32. The van der Waals surface area contributed by atoms with E-state index in [-0.39, 0.29) is 23.8 Å². The van der Waals surface area contributed by atoms with E-state index in [0.29, 0.717) is 67.6 Å². The smallest absolute Gasteiger partial charge is 0.330 e. The minimum Gasteiger partial charge on any atom is -0.494 e. The van der Waals surface area contributed by atoms with Gasteiger partial charge >= 0.3 is 17.9 Å². The van der Waals surface area contributed by atoms with E-state index in [1.165, 1.54) is 69.2 Å². The van der Waals surface area contributed by atoms with Crippen LogP contribution in [-0.4, -0.2) is 37.3 Å². The van der Waals surface area contributed by atoms with E-state index >= 15 is 0 Å². The van der Waals surface area contributed by atoms with Crippen LogP contribution >= 0.6 is 0 Å². The number of ether oxygens (including phenoxy) is 4. The Labute approximate surface area is 306 Å². The van der Waals surface area contributed by atoms with E-state index in [0.717, 1.165) is 31.6 Å². The first kappa shape index (κ1) is 41.5. The van der Waals surface area contributed by atoms with Gasteiger partial charge in [0, 0.05) is 17.9 Å². The number of nitrogens with one attached hydrogen (secondary N) is 1. The molecule has 0 spiro atoms. The maximum atomic E-state index is 13.1. The number of benzene rings is 2.